The number of hydrogen-bond acceptors (Lipinski definition) is 4. The number of rotatable bonds is 9. The highest BCUT2D eigenvalue weighted by molar-refractivity contribution is 5.96. The monoisotopic (exact) mass is 302 g/mol. The van der Waals surface area contributed by atoms with Crippen molar-refractivity contribution in [3.63, 3.8) is 0 Å². The van der Waals surface area contributed by atoms with Gasteiger partial charge in [0.1, 0.15) is 0 Å². The Labute approximate surface area is 125 Å². The number of nitrogens with one attached hydrogen (secondary N) is 2. The summed E-state index contributed by atoms with van der Waals surface area (Å²) in [5.41, 5.74) is -1.20. The Hall–Kier alpha value is -1.63. The Kier molecular flexibility index (Phi) is 8.61. The second kappa shape index (κ2) is 9.33. The molecular formula is C14H26N2O5. The van der Waals surface area contributed by atoms with Crippen molar-refractivity contribution in [3.05, 3.63) is 0 Å². The molecule has 0 saturated heterocycles. The van der Waals surface area contributed by atoms with Gasteiger partial charge in [0, 0.05) is 26.2 Å². The summed E-state index contributed by atoms with van der Waals surface area (Å²) in [5, 5.41) is 13.5. The molecule has 7 nitrogen and oxygen atoms in total. The molecule has 0 saturated carbocycles. The fourth-order valence-corrected chi connectivity index (χ4v) is 1.39. The minimum Gasteiger partial charge on any atom is -0.481 e. The third-order valence-electron chi connectivity index (χ3n) is 2.64. The first-order chi connectivity index (χ1) is 9.65. The van der Waals surface area contributed by atoms with E-state index in [2.05, 4.69) is 24.5 Å². The zero-order valence-corrected chi connectivity index (χ0v) is 13.2. The van der Waals surface area contributed by atoms with Crippen LogP contribution in [-0.2, 0) is 14.3 Å². The van der Waals surface area contributed by atoms with Gasteiger partial charge < -0.3 is 15.2 Å². The first-order valence-corrected chi connectivity index (χ1v) is 7.04. The fraction of sp³-hybridized carbons (Fsp3) is 0.786. The predicted octanol–water partition coefficient (Wildman–Crippen LogP) is 1.38. The normalized spacial score (nSPS) is 11.3. The van der Waals surface area contributed by atoms with Gasteiger partial charge in [0.15, 0.2) is 0 Å². The molecule has 21 heavy (non-hydrogen) atoms. The molecule has 7 heteroatoms. The summed E-state index contributed by atoms with van der Waals surface area (Å²) in [5.74, 6) is -1.23. The number of amides is 3. The van der Waals surface area contributed by atoms with Crippen LogP contribution in [0.3, 0.4) is 0 Å². The Balaban J connectivity index is 3.80. The van der Waals surface area contributed by atoms with Gasteiger partial charge in [-0.25, -0.2) is 4.79 Å². The lowest BCUT2D eigenvalue weighted by Crippen LogP contribution is -2.42. The van der Waals surface area contributed by atoms with E-state index >= 15 is 0 Å². The quantitative estimate of drug-likeness (QED) is 0.558. The van der Waals surface area contributed by atoms with E-state index < -0.39 is 23.3 Å². The van der Waals surface area contributed by atoms with Crippen molar-refractivity contribution in [1.82, 2.24) is 10.6 Å². The van der Waals surface area contributed by atoms with E-state index in [1.54, 1.807) is 0 Å². The third-order valence-corrected chi connectivity index (χ3v) is 2.64. The topological polar surface area (TPSA) is 105 Å². The van der Waals surface area contributed by atoms with E-state index in [1.807, 2.05) is 0 Å². The molecule has 0 aromatic rings. The van der Waals surface area contributed by atoms with Crippen molar-refractivity contribution in [3.8, 4) is 0 Å². The maximum absolute atomic E-state index is 11.5. The van der Waals surface area contributed by atoms with Gasteiger partial charge in [0.2, 0.25) is 5.91 Å². The Morgan fingerprint density at radius 3 is 2.38 bits per heavy atom. The molecule has 0 atom stereocenters. The molecule has 0 aromatic heterocycles. The first kappa shape index (κ1) is 19.4. The number of imide groups is 1. The summed E-state index contributed by atoms with van der Waals surface area (Å²) >= 11 is 0. The Morgan fingerprint density at radius 2 is 1.86 bits per heavy atom. The van der Waals surface area contributed by atoms with Crippen molar-refractivity contribution in [2.45, 2.75) is 40.5 Å². The molecule has 3 N–H and O–H groups in total. The van der Waals surface area contributed by atoms with E-state index in [0.29, 0.717) is 32.1 Å². The molecule has 0 unspecified atom stereocenters. The number of carboxylic acids is 1. The van der Waals surface area contributed by atoms with Crippen LogP contribution in [-0.4, -0.2) is 42.8 Å². The molecule has 0 aliphatic heterocycles. The van der Waals surface area contributed by atoms with Gasteiger partial charge in [0.25, 0.3) is 0 Å². The summed E-state index contributed by atoms with van der Waals surface area (Å²) in [7, 11) is 0. The second-order valence-corrected chi connectivity index (χ2v) is 5.99. The van der Waals surface area contributed by atoms with E-state index in [-0.39, 0.29) is 6.42 Å². The molecule has 0 fully saturated rings. The zero-order chi connectivity index (χ0) is 16.5. The molecule has 0 aliphatic carbocycles. The summed E-state index contributed by atoms with van der Waals surface area (Å²) < 4.78 is 5.35. The van der Waals surface area contributed by atoms with Crippen LogP contribution in [0.1, 0.15) is 40.5 Å². The highest BCUT2D eigenvalue weighted by atomic mass is 16.5. The average Bonchev–Trinajstić information content (AvgIpc) is 2.31. The lowest BCUT2D eigenvalue weighted by atomic mass is 9.89. The predicted molar refractivity (Wildman–Crippen MR) is 77.8 cm³/mol. The van der Waals surface area contributed by atoms with E-state index in [0.717, 1.165) is 0 Å². The molecule has 0 aliphatic rings. The van der Waals surface area contributed by atoms with Crippen LogP contribution in [0.25, 0.3) is 0 Å². The Morgan fingerprint density at radius 1 is 1.24 bits per heavy atom. The van der Waals surface area contributed by atoms with Gasteiger partial charge in [-0.3, -0.25) is 14.9 Å². The lowest BCUT2D eigenvalue weighted by Gasteiger charge is -2.17. The highest BCUT2D eigenvalue weighted by Gasteiger charge is 2.30. The molecule has 3 amide bonds. The fourth-order valence-electron chi connectivity index (χ4n) is 1.39. The molecule has 0 heterocycles. The third kappa shape index (κ3) is 9.84. The van der Waals surface area contributed by atoms with Crippen LogP contribution in [0.5, 0.6) is 0 Å². The van der Waals surface area contributed by atoms with Gasteiger partial charge in [-0.05, 0) is 26.2 Å². The molecule has 122 valence electrons. The van der Waals surface area contributed by atoms with Crippen LogP contribution in [0.4, 0.5) is 4.79 Å². The van der Waals surface area contributed by atoms with Gasteiger partial charge in [-0.2, -0.15) is 0 Å². The summed E-state index contributed by atoms with van der Waals surface area (Å²) in [4.78, 5) is 33.8. The number of carbonyl (C=O) groups is 3. The molecule has 0 radical (unpaired) electrons. The van der Waals surface area contributed by atoms with Crippen molar-refractivity contribution in [2.75, 3.05) is 19.8 Å². The molecule has 0 bridgehead atoms. The van der Waals surface area contributed by atoms with Crippen LogP contribution >= 0.6 is 0 Å². The minimum absolute atomic E-state index is 0.257. The van der Waals surface area contributed by atoms with Crippen molar-refractivity contribution in [2.24, 2.45) is 11.3 Å². The first-order valence-electron chi connectivity index (χ1n) is 7.04. The van der Waals surface area contributed by atoms with Crippen molar-refractivity contribution in [1.29, 1.82) is 0 Å². The molecule has 0 rings (SSSR count). The maximum atomic E-state index is 11.5. The van der Waals surface area contributed by atoms with Crippen molar-refractivity contribution < 1.29 is 24.2 Å². The van der Waals surface area contributed by atoms with Gasteiger partial charge in [-0.15, -0.1) is 0 Å². The molecule has 0 spiro atoms. The second-order valence-electron chi connectivity index (χ2n) is 5.99. The van der Waals surface area contributed by atoms with E-state index in [4.69, 9.17) is 9.84 Å². The number of aliphatic carboxylic acids is 1. The molecular weight excluding hydrogens is 276 g/mol. The average molecular weight is 302 g/mol. The number of carbonyl (C=O) groups excluding carboxylic acids is 2. The van der Waals surface area contributed by atoms with Crippen molar-refractivity contribution >= 4 is 17.9 Å². The molecule has 0 aromatic carbocycles. The minimum atomic E-state index is -1.20. The summed E-state index contributed by atoms with van der Waals surface area (Å²) in [6.07, 6.45) is 0.391. The largest absolute Gasteiger partial charge is 0.481 e. The number of carboxylic acid groups (broad SMARTS) is 1. The lowest BCUT2D eigenvalue weighted by molar-refractivity contribution is -0.149. The SMILES string of the molecule is CC(C)COCCCNC(=O)NC(=O)CC(C)(C)C(=O)O. The number of hydrogen-bond donors (Lipinski definition) is 3. The van der Waals surface area contributed by atoms with Crippen LogP contribution in [0.15, 0.2) is 0 Å². The van der Waals surface area contributed by atoms with Gasteiger partial charge in [0.05, 0.1) is 5.41 Å². The summed E-state index contributed by atoms with van der Waals surface area (Å²) in [6, 6.07) is -0.620. The number of ether oxygens (including phenoxy) is 1. The van der Waals surface area contributed by atoms with Crippen LogP contribution in [0.2, 0.25) is 0 Å². The van der Waals surface area contributed by atoms with Crippen LogP contribution < -0.4 is 10.6 Å². The highest BCUT2D eigenvalue weighted by Crippen LogP contribution is 2.19. The Bertz CT molecular complexity index is 366. The maximum Gasteiger partial charge on any atom is 0.321 e. The smallest absolute Gasteiger partial charge is 0.321 e. The van der Waals surface area contributed by atoms with Gasteiger partial charge in [-0.1, -0.05) is 13.8 Å². The van der Waals surface area contributed by atoms with Gasteiger partial charge >= 0.3 is 12.0 Å². The van der Waals surface area contributed by atoms with Crippen LogP contribution in [0, 0.1) is 11.3 Å². The number of urea groups is 1. The van der Waals surface area contributed by atoms with E-state index in [1.165, 1.54) is 13.8 Å². The standard InChI is InChI=1S/C14H26N2O5/c1-10(2)9-21-7-5-6-15-13(20)16-11(17)8-14(3,4)12(18)19/h10H,5-9H2,1-4H3,(H,18,19)(H2,15,16,17,20). The summed E-state index contributed by atoms with van der Waals surface area (Å²) in [6.45, 7) is 8.57. The van der Waals surface area contributed by atoms with E-state index in [9.17, 15) is 14.4 Å². The zero-order valence-electron chi connectivity index (χ0n) is 13.2.